The Morgan fingerprint density at radius 2 is 1.87 bits per heavy atom. The van der Waals surface area contributed by atoms with Gasteiger partial charge in [-0.15, -0.1) is 0 Å². The van der Waals surface area contributed by atoms with Crippen LogP contribution in [-0.2, 0) is 11.3 Å². The molecular weight excluding hydrogens is 419 g/mol. The van der Waals surface area contributed by atoms with Gasteiger partial charge in [0.15, 0.2) is 0 Å². The van der Waals surface area contributed by atoms with Crippen LogP contribution >= 0.6 is 11.8 Å². The van der Waals surface area contributed by atoms with E-state index in [1.165, 1.54) is 41.6 Å². The molecule has 1 aromatic carbocycles. The molecule has 156 valence electrons. The maximum atomic E-state index is 13.1. The average Bonchev–Trinajstić information content (AvgIpc) is 3.45. The van der Waals surface area contributed by atoms with Crippen molar-refractivity contribution in [1.29, 1.82) is 5.41 Å². The number of pyridine rings is 1. The quantitative estimate of drug-likeness (QED) is 0.324. The van der Waals surface area contributed by atoms with Crippen LogP contribution in [0.1, 0.15) is 24.0 Å². The van der Waals surface area contributed by atoms with Gasteiger partial charge in [-0.25, -0.2) is 9.69 Å². The van der Waals surface area contributed by atoms with E-state index >= 15 is 0 Å². The van der Waals surface area contributed by atoms with Gasteiger partial charge in [-0.05, 0) is 60.5 Å². The number of alkyl halides is 3. The number of nitrogens with one attached hydrogen (secondary N) is 1. The smallest absolute Gasteiger partial charge is 0.384 e. The minimum atomic E-state index is -4.42. The van der Waals surface area contributed by atoms with Crippen LogP contribution in [0.5, 0.6) is 0 Å². The molecule has 1 aromatic heterocycles. The van der Waals surface area contributed by atoms with Gasteiger partial charge in [0.2, 0.25) is 0 Å². The third-order valence-corrected chi connectivity index (χ3v) is 5.86. The normalized spacial score (nSPS) is 17.7. The zero-order chi connectivity index (χ0) is 21.7. The van der Waals surface area contributed by atoms with Gasteiger partial charge in [0.05, 0.1) is 5.69 Å². The number of nitrogens with zero attached hydrogens (tertiary/aromatic N) is 3. The average molecular weight is 435 g/mol. The van der Waals surface area contributed by atoms with Gasteiger partial charge >= 0.3 is 11.5 Å². The molecule has 30 heavy (non-hydrogen) atoms. The number of halogens is 3. The summed E-state index contributed by atoms with van der Waals surface area (Å²) in [4.78, 5) is 32.5. The molecule has 11 heteroatoms. The van der Waals surface area contributed by atoms with Gasteiger partial charge in [0, 0.05) is 29.4 Å². The number of hydrogen-bond acceptors (Lipinski definition) is 5. The van der Waals surface area contributed by atoms with Crippen LogP contribution in [-0.4, -0.2) is 38.7 Å². The van der Waals surface area contributed by atoms with Gasteiger partial charge in [0.1, 0.15) is 11.4 Å². The monoisotopic (exact) mass is 435 g/mol. The lowest BCUT2D eigenvalue weighted by atomic mass is 10.1. The molecule has 2 heterocycles. The van der Waals surface area contributed by atoms with Crippen molar-refractivity contribution >= 4 is 35.2 Å². The van der Waals surface area contributed by atoms with Crippen molar-refractivity contribution in [3.8, 4) is 0 Å². The minimum absolute atomic E-state index is 0.0359. The highest BCUT2D eigenvalue weighted by Gasteiger charge is 2.65. The van der Waals surface area contributed by atoms with Gasteiger partial charge in [-0.1, -0.05) is 0 Å². The van der Waals surface area contributed by atoms with E-state index in [0.717, 1.165) is 4.90 Å². The summed E-state index contributed by atoms with van der Waals surface area (Å²) in [7, 11) is 0. The summed E-state index contributed by atoms with van der Waals surface area (Å²) in [6, 6.07) is 6.20. The number of rotatable bonds is 5. The molecule has 2 aliphatic rings. The Morgan fingerprint density at radius 1 is 1.20 bits per heavy atom. The largest absolute Gasteiger partial charge is 0.446 e. The van der Waals surface area contributed by atoms with Crippen LogP contribution in [0, 0.1) is 5.41 Å². The molecule has 2 fully saturated rings. The first-order valence-corrected chi connectivity index (χ1v) is 9.73. The predicted molar refractivity (Wildman–Crippen MR) is 104 cm³/mol. The van der Waals surface area contributed by atoms with Crippen molar-refractivity contribution in [2.75, 3.05) is 4.90 Å². The number of hydrogen-bond donors (Lipinski definition) is 2. The Morgan fingerprint density at radius 3 is 2.43 bits per heavy atom. The molecule has 1 saturated heterocycles. The second kappa shape index (κ2) is 7.01. The standard InChI is InChI=1S/C19H16F3N5O2S/c20-19(21,22)30-13-3-1-12(2-4-13)27-16(28)18(6-7-18)26(17(27)29)10-11-5-8-25-9-14(11)15(23)24/h1-5,8-9H,6-7,10H2,(H3,23,24). The molecule has 3 N–H and O–H groups in total. The number of amidine groups is 1. The van der Waals surface area contributed by atoms with Crippen LogP contribution in [0.25, 0.3) is 0 Å². The minimum Gasteiger partial charge on any atom is -0.384 e. The summed E-state index contributed by atoms with van der Waals surface area (Å²) in [5.74, 6) is -0.599. The van der Waals surface area contributed by atoms with E-state index in [1.807, 2.05) is 0 Å². The van der Waals surface area contributed by atoms with Crippen molar-refractivity contribution in [1.82, 2.24) is 9.88 Å². The first kappa shape index (κ1) is 20.2. The molecule has 2 aromatic rings. The third-order valence-electron chi connectivity index (χ3n) is 5.12. The number of benzene rings is 1. The van der Waals surface area contributed by atoms with Crippen LogP contribution < -0.4 is 10.6 Å². The Labute approximate surface area is 173 Å². The van der Waals surface area contributed by atoms with E-state index in [-0.39, 0.29) is 34.7 Å². The Kier molecular flexibility index (Phi) is 4.72. The summed E-state index contributed by atoms with van der Waals surface area (Å²) >= 11 is -0.264. The number of urea groups is 1. The van der Waals surface area contributed by atoms with E-state index < -0.39 is 23.0 Å². The molecule has 1 aliphatic heterocycles. The molecule has 0 bridgehead atoms. The number of nitrogen functional groups attached to an aromatic ring is 1. The second-order valence-corrected chi connectivity index (χ2v) is 8.17. The zero-order valence-electron chi connectivity index (χ0n) is 15.4. The number of carbonyl (C=O) groups is 2. The lowest BCUT2D eigenvalue weighted by Gasteiger charge is -2.22. The first-order chi connectivity index (χ1) is 14.1. The number of nitrogens with two attached hydrogens (primary N) is 1. The van der Waals surface area contributed by atoms with Gasteiger partial charge in [-0.2, -0.15) is 13.2 Å². The van der Waals surface area contributed by atoms with Crippen LogP contribution in [0.15, 0.2) is 47.6 Å². The summed E-state index contributed by atoms with van der Waals surface area (Å²) in [5.41, 5.74) is 1.38. The highest BCUT2D eigenvalue weighted by atomic mass is 32.2. The first-order valence-electron chi connectivity index (χ1n) is 8.92. The van der Waals surface area contributed by atoms with E-state index in [0.29, 0.717) is 24.0 Å². The van der Waals surface area contributed by atoms with Gasteiger partial charge in [-0.3, -0.25) is 15.2 Å². The zero-order valence-corrected chi connectivity index (χ0v) is 16.3. The number of aromatic nitrogens is 1. The summed E-state index contributed by atoms with van der Waals surface area (Å²) in [6.45, 7) is 0.0700. The SMILES string of the molecule is N=C(N)c1cnccc1CN1C(=O)N(c2ccc(SC(F)(F)F)cc2)C(=O)C12CC2. The fraction of sp³-hybridized carbons (Fsp3) is 0.263. The van der Waals surface area contributed by atoms with Gasteiger partial charge in [0.25, 0.3) is 5.91 Å². The highest BCUT2D eigenvalue weighted by Crippen LogP contribution is 2.50. The highest BCUT2D eigenvalue weighted by molar-refractivity contribution is 8.00. The molecule has 1 spiro atoms. The molecule has 1 aliphatic carbocycles. The maximum Gasteiger partial charge on any atom is 0.446 e. The fourth-order valence-corrected chi connectivity index (χ4v) is 4.07. The van der Waals surface area contributed by atoms with Crippen LogP contribution in [0.3, 0.4) is 0 Å². The van der Waals surface area contributed by atoms with Crippen molar-refractivity contribution < 1.29 is 22.8 Å². The van der Waals surface area contributed by atoms with Crippen LogP contribution in [0.2, 0.25) is 0 Å². The summed E-state index contributed by atoms with van der Waals surface area (Å²) < 4.78 is 37.6. The number of imide groups is 1. The van der Waals surface area contributed by atoms with Crippen molar-refractivity contribution in [2.24, 2.45) is 5.73 Å². The molecule has 4 rings (SSSR count). The molecule has 1 saturated carbocycles. The molecular formula is C19H16F3N5O2S. The van der Waals surface area contributed by atoms with E-state index in [1.54, 1.807) is 6.07 Å². The topological polar surface area (TPSA) is 103 Å². The van der Waals surface area contributed by atoms with E-state index in [2.05, 4.69) is 4.98 Å². The number of carbonyl (C=O) groups excluding carboxylic acids is 2. The second-order valence-electron chi connectivity index (χ2n) is 7.03. The van der Waals surface area contributed by atoms with Crippen molar-refractivity contribution in [3.63, 3.8) is 0 Å². The van der Waals surface area contributed by atoms with Gasteiger partial charge < -0.3 is 10.6 Å². The number of anilines is 1. The number of thioether (sulfide) groups is 1. The predicted octanol–water partition coefficient (Wildman–Crippen LogP) is 3.48. The molecule has 0 unspecified atom stereocenters. The third kappa shape index (κ3) is 3.49. The fourth-order valence-electron chi connectivity index (χ4n) is 3.53. The summed E-state index contributed by atoms with van der Waals surface area (Å²) in [6.07, 6.45) is 3.93. The Balaban J connectivity index is 1.62. The Hall–Kier alpha value is -3.08. The maximum absolute atomic E-state index is 13.1. The Bertz CT molecular complexity index is 1040. The van der Waals surface area contributed by atoms with Crippen molar-refractivity contribution in [2.45, 2.75) is 35.3 Å². The lowest BCUT2D eigenvalue weighted by molar-refractivity contribution is -0.120. The molecule has 0 radical (unpaired) electrons. The number of amides is 3. The lowest BCUT2D eigenvalue weighted by Crippen LogP contribution is -2.37. The summed E-state index contributed by atoms with van der Waals surface area (Å²) in [5, 5.41) is 7.69. The van der Waals surface area contributed by atoms with Crippen molar-refractivity contribution in [3.05, 3.63) is 53.9 Å². The van der Waals surface area contributed by atoms with Crippen LogP contribution in [0.4, 0.5) is 23.7 Å². The van der Waals surface area contributed by atoms with E-state index in [4.69, 9.17) is 11.1 Å². The molecule has 7 nitrogen and oxygen atoms in total. The van der Waals surface area contributed by atoms with E-state index in [9.17, 15) is 22.8 Å². The molecule has 0 atom stereocenters. The molecule has 3 amide bonds.